The molecule has 0 aliphatic heterocycles. The van der Waals surface area contributed by atoms with E-state index >= 15 is 0 Å². The summed E-state index contributed by atoms with van der Waals surface area (Å²) < 4.78 is 0. The Kier molecular flexibility index (Phi) is 3.44. The predicted molar refractivity (Wildman–Crippen MR) is 57.3 cm³/mol. The van der Waals surface area contributed by atoms with Crippen molar-refractivity contribution in [1.29, 1.82) is 0 Å². The van der Waals surface area contributed by atoms with Gasteiger partial charge in [0.05, 0.1) is 0 Å². The van der Waals surface area contributed by atoms with Crippen molar-refractivity contribution >= 4 is 5.97 Å². The van der Waals surface area contributed by atoms with Crippen LogP contribution in [0.3, 0.4) is 0 Å². The molecule has 82 valence electrons. The maximum Gasteiger partial charge on any atom is 0.328 e. The minimum Gasteiger partial charge on any atom is -0.478 e. The van der Waals surface area contributed by atoms with Crippen LogP contribution in [0.5, 0.6) is 0 Å². The molecule has 2 N–H and O–H groups in total. The van der Waals surface area contributed by atoms with Crippen LogP contribution in [0.4, 0.5) is 0 Å². The van der Waals surface area contributed by atoms with Crippen molar-refractivity contribution in [3.8, 4) is 0 Å². The first kappa shape index (κ1) is 11.7. The van der Waals surface area contributed by atoms with Crippen molar-refractivity contribution in [3.63, 3.8) is 0 Å². The third-order valence-corrected chi connectivity index (χ3v) is 2.37. The zero-order valence-electron chi connectivity index (χ0n) is 8.84. The molecule has 0 saturated carbocycles. The highest BCUT2D eigenvalue weighted by molar-refractivity contribution is 5.80. The Balaban J connectivity index is 2.69. The Labute approximate surface area is 88.8 Å². The fourth-order valence-corrected chi connectivity index (χ4v) is 1.26. The summed E-state index contributed by atoms with van der Waals surface area (Å²) in [5, 5.41) is 18.4. The Morgan fingerprint density at radius 3 is 2.67 bits per heavy atom. The number of rotatable bonds is 3. The Bertz CT molecular complexity index is 342. The van der Waals surface area contributed by atoms with Gasteiger partial charge in [0, 0.05) is 12.5 Å². The second-order valence-electron chi connectivity index (χ2n) is 3.69. The van der Waals surface area contributed by atoms with Crippen LogP contribution in [0, 0.1) is 0 Å². The van der Waals surface area contributed by atoms with E-state index < -0.39 is 11.7 Å². The molecular formula is C11H15NO3. The summed E-state index contributed by atoms with van der Waals surface area (Å²) in [6.07, 6.45) is 8.22. The summed E-state index contributed by atoms with van der Waals surface area (Å²) in [4.78, 5) is 12.0. The molecule has 0 aromatic heterocycles. The third-order valence-electron chi connectivity index (χ3n) is 2.37. The molecule has 0 amide bonds. The highest BCUT2D eigenvalue weighted by Crippen LogP contribution is 2.23. The molecule has 0 spiro atoms. The third kappa shape index (κ3) is 3.04. The lowest BCUT2D eigenvalue weighted by atomic mass is 9.98. The smallest absolute Gasteiger partial charge is 0.328 e. The number of hydrogen-bond donors (Lipinski definition) is 2. The maximum absolute atomic E-state index is 10.3. The second-order valence-corrected chi connectivity index (χ2v) is 3.69. The fraction of sp³-hybridized carbons (Fsp3) is 0.364. The molecule has 1 aliphatic carbocycles. The van der Waals surface area contributed by atoms with Crippen LogP contribution in [0.1, 0.15) is 6.42 Å². The number of aliphatic hydroxyl groups is 1. The predicted octanol–water partition coefficient (Wildman–Crippen LogP) is 0.764. The van der Waals surface area contributed by atoms with E-state index in [-0.39, 0.29) is 0 Å². The van der Waals surface area contributed by atoms with Gasteiger partial charge in [0.2, 0.25) is 0 Å². The van der Waals surface area contributed by atoms with Crippen molar-refractivity contribution in [3.05, 3.63) is 36.0 Å². The van der Waals surface area contributed by atoms with Gasteiger partial charge < -0.3 is 10.2 Å². The van der Waals surface area contributed by atoms with Gasteiger partial charge in [-0.15, -0.1) is 0 Å². The maximum atomic E-state index is 10.3. The number of carbonyl (C=O) groups is 1. The number of hydrogen-bond acceptors (Lipinski definition) is 3. The highest BCUT2D eigenvalue weighted by atomic mass is 16.4. The van der Waals surface area contributed by atoms with Gasteiger partial charge in [-0.25, -0.2) is 4.79 Å². The molecule has 0 aromatic carbocycles. The summed E-state index contributed by atoms with van der Waals surface area (Å²) in [6, 6.07) is 0. The molecule has 1 atom stereocenters. The summed E-state index contributed by atoms with van der Waals surface area (Å²) in [5.41, 5.74) is -0.162. The number of likely N-dealkylation sites (N-methyl/N-ethyl adjacent to an activating group) is 1. The zero-order valence-corrected chi connectivity index (χ0v) is 8.84. The summed E-state index contributed by atoms with van der Waals surface area (Å²) >= 11 is 0. The first-order valence-electron chi connectivity index (χ1n) is 4.64. The standard InChI is InChI=1S/C11H15NO3/c1-12(2)11(15)7-5-9(6-8-11)3-4-10(13)14/h3-7,15H,8H2,1-2H3,(H,13,14)/b4-3+. The van der Waals surface area contributed by atoms with E-state index in [4.69, 9.17) is 5.11 Å². The first-order valence-corrected chi connectivity index (χ1v) is 4.64. The summed E-state index contributed by atoms with van der Waals surface area (Å²) in [5.74, 6) is -0.974. The Morgan fingerprint density at radius 2 is 2.27 bits per heavy atom. The molecule has 0 radical (unpaired) electrons. The molecule has 4 nitrogen and oxygen atoms in total. The quantitative estimate of drug-likeness (QED) is 0.532. The normalized spacial score (nSPS) is 26.0. The molecule has 0 fully saturated rings. The van der Waals surface area contributed by atoms with Crippen molar-refractivity contribution in [2.45, 2.75) is 12.1 Å². The average molecular weight is 209 g/mol. The minimum atomic E-state index is -0.974. The monoisotopic (exact) mass is 209 g/mol. The lowest BCUT2D eigenvalue weighted by Gasteiger charge is -2.32. The van der Waals surface area contributed by atoms with Gasteiger partial charge in [-0.2, -0.15) is 0 Å². The lowest BCUT2D eigenvalue weighted by Crippen LogP contribution is -2.42. The molecule has 15 heavy (non-hydrogen) atoms. The minimum absolute atomic E-state index is 0.454. The van der Waals surface area contributed by atoms with Crippen molar-refractivity contribution in [2.75, 3.05) is 14.1 Å². The van der Waals surface area contributed by atoms with Crippen LogP contribution >= 0.6 is 0 Å². The van der Waals surface area contributed by atoms with E-state index in [1.54, 1.807) is 37.2 Å². The number of aliphatic carboxylic acids is 1. The number of carboxylic acid groups (broad SMARTS) is 1. The first-order chi connectivity index (χ1) is 6.94. The molecule has 0 aromatic rings. The number of nitrogens with zero attached hydrogens (tertiary/aromatic N) is 1. The van der Waals surface area contributed by atoms with E-state index in [0.717, 1.165) is 11.6 Å². The molecule has 1 rings (SSSR count). The average Bonchev–Trinajstić information content (AvgIpc) is 2.16. The summed E-state index contributed by atoms with van der Waals surface area (Å²) in [6.45, 7) is 0. The van der Waals surface area contributed by atoms with E-state index in [0.29, 0.717) is 6.42 Å². The zero-order chi connectivity index (χ0) is 11.5. The van der Waals surface area contributed by atoms with Gasteiger partial charge in [-0.05, 0) is 31.8 Å². The van der Waals surface area contributed by atoms with Crippen LogP contribution in [-0.4, -0.2) is 40.9 Å². The topological polar surface area (TPSA) is 60.8 Å². The van der Waals surface area contributed by atoms with Gasteiger partial charge in [0.15, 0.2) is 0 Å². The lowest BCUT2D eigenvalue weighted by molar-refractivity contribution is -0.131. The highest BCUT2D eigenvalue weighted by Gasteiger charge is 2.26. The van der Waals surface area contributed by atoms with Crippen LogP contribution in [-0.2, 0) is 4.79 Å². The van der Waals surface area contributed by atoms with Crippen LogP contribution in [0.25, 0.3) is 0 Å². The molecule has 1 unspecified atom stereocenters. The van der Waals surface area contributed by atoms with E-state index in [1.165, 1.54) is 6.08 Å². The van der Waals surface area contributed by atoms with E-state index in [2.05, 4.69) is 0 Å². The fourth-order valence-electron chi connectivity index (χ4n) is 1.26. The molecule has 4 heteroatoms. The van der Waals surface area contributed by atoms with E-state index in [9.17, 15) is 9.90 Å². The Hall–Kier alpha value is -1.39. The Morgan fingerprint density at radius 1 is 1.60 bits per heavy atom. The van der Waals surface area contributed by atoms with Gasteiger partial charge in [0.25, 0.3) is 0 Å². The van der Waals surface area contributed by atoms with Crippen molar-refractivity contribution in [2.24, 2.45) is 0 Å². The SMILES string of the molecule is CN(C)C1(O)C=CC(/C=C/C(=O)O)=CC1. The van der Waals surface area contributed by atoms with E-state index in [1.807, 2.05) is 0 Å². The summed E-state index contributed by atoms with van der Waals surface area (Å²) in [7, 11) is 3.58. The van der Waals surface area contributed by atoms with Crippen molar-refractivity contribution in [1.82, 2.24) is 4.90 Å². The van der Waals surface area contributed by atoms with Gasteiger partial charge in [0.1, 0.15) is 5.72 Å². The number of allylic oxidation sites excluding steroid dienone is 3. The van der Waals surface area contributed by atoms with Crippen LogP contribution in [0.2, 0.25) is 0 Å². The van der Waals surface area contributed by atoms with Crippen LogP contribution in [0.15, 0.2) is 36.0 Å². The second kappa shape index (κ2) is 4.42. The molecule has 0 heterocycles. The van der Waals surface area contributed by atoms with Gasteiger partial charge >= 0.3 is 5.97 Å². The molecule has 0 saturated heterocycles. The molecule has 1 aliphatic rings. The van der Waals surface area contributed by atoms with Crippen LogP contribution < -0.4 is 0 Å². The van der Waals surface area contributed by atoms with Gasteiger partial charge in [-0.1, -0.05) is 12.2 Å². The van der Waals surface area contributed by atoms with Gasteiger partial charge in [-0.3, -0.25) is 4.90 Å². The largest absolute Gasteiger partial charge is 0.478 e. The number of carboxylic acids is 1. The molecule has 0 bridgehead atoms. The molecular weight excluding hydrogens is 194 g/mol. The van der Waals surface area contributed by atoms with Crippen molar-refractivity contribution < 1.29 is 15.0 Å².